The van der Waals surface area contributed by atoms with Gasteiger partial charge in [-0.1, -0.05) is 13.3 Å². The predicted molar refractivity (Wildman–Crippen MR) is 77.0 cm³/mol. The molecule has 1 aromatic carbocycles. The van der Waals surface area contributed by atoms with Crippen LogP contribution in [-0.4, -0.2) is 19.1 Å². The second-order valence-corrected chi connectivity index (χ2v) is 4.93. The Kier molecular flexibility index (Phi) is 6.45. The van der Waals surface area contributed by atoms with Crippen LogP contribution in [-0.2, 0) is 4.79 Å². The van der Waals surface area contributed by atoms with E-state index in [0.29, 0.717) is 11.3 Å². The van der Waals surface area contributed by atoms with Crippen molar-refractivity contribution in [2.45, 2.75) is 45.2 Å². The average Bonchev–Trinajstić information content (AvgIpc) is 2.38. The summed E-state index contributed by atoms with van der Waals surface area (Å²) in [5, 5.41) is 2.82. The molecule has 0 saturated heterocycles. The summed E-state index contributed by atoms with van der Waals surface area (Å²) in [6.07, 6.45) is 2.03. The molecule has 4 nitrogen and oxygen atoms in total. The molecule has 3 N–H and O–H groups in total. The van der Waals surface area contributed by atoms with Crippen LogP contribution in [0.5, 0.6) is 5.75 Å². The normalized spacial score (nSPS) is 13.7. The molecule has 0 aromatic heterocycles. The zero-order chi connectivity index (χ0) is 15.1. The lowest BCUT2D eigenvalue weighted by Crippen LogP contribution is -2.33. The van der Waals surface area contributed by atoms with Crippen molar-refractivity contribution in [3.63, 3.8) is 0 Å². The molecule has 1 aromatic rings. The van der Waals surface area contributed by atoms with Gasteiger partial charge in [-0.15, -0.1) is 0 Å². The van der Waals surface area contributed by atoms with Gasteiger partial charge in [-0.25, -0.2) is 4.39 Å². The molecule has 20 heavy (non-hydrogen) atoms. The van der Waals surface area contributed by atoms with E-state index in [0.717, 1.165) is 12.8 Å². The molecule has 1 amide bonds. The second-order valence-electron chi connectivity index (χ2n) is 4.93. The standard InChI is InChI=1S/C15H23FN2O2/c1-4-5-12(17)9-15(19)18-10(2)13-8-11(16)6-7-14(13)20-3/h6-8,10,12H,4-5,9,17H2,1-3H3,(H,18,19). The SMILES string of the molecule is CCCC(N)CC(=O)NC(C)c1cc(F)ccc1OC. The summed E-state index contributed by atoms with van der Waals surface area (Å²) in [5.41, 5.74) is 6.45. The van der Waals surface area contributed by atoms with Gasteiger partial charge in [-0.3, -0.25) is 4.79 Å². The van der Waals surface area contributed by atoms with Gasteiger partial charge in [-0.05, 0) is 31.5 Å². The van der Waals surface area contributed by atoms with Gasteiger partial charge < -0.3 is 15.8 Å². The maximum absolute atomic E-state index is 13.3. The van der Waals surface area contributed by atoms with E-state index in [1.807, 2.05) is 6.92 Å². The van der Waals surface area contributed by atoms with Crippen molar-refractivity contribution in [1.82, 2.24) is 5.32 Å². The van der Waals surface area contributed by atoms with Crippen LogP contribution in [0.1, 0.15) is 44.7 Å². The summed E-state index contributed by atoms with van der Waals surface area (Å²) in [4.78, 5) is 11.9. The van der Waals surface area contributed by atoms with E-state index < -0.39 is 0 Å². The predicted octanol–water partition coefficient (Wildman–Crippen LogP) is 2.53. The number of hydrogen-bond donors (Lipinski definition) is 2. The van der Waals surface area contributed by atoms with Gasteiger partial charge in [0.2, 0.25) is 5.91 Å². The summed E-state index contributed by atoms with van der Waals surface area (Å²) in [7, 11) is 1.52. The third kappa shape index (κ3) is 4.81. The first-order valence-electron chi connectivity index (χ1n) is 6.86. The van der Waals surface area contributed by atoms with E-state index in [-0.39, 0.29) is 30.2 Å². The summed E-state index contributed by atoms with van der Waals surface area (Å²) < 4.78 is 18.5. The molecule has 0 aliphatic carbocycles. The zero-order valence-corrected chi connectivity index (χ0v) is 12.3. The molecule has 0 heterocycles. The highest BCUT2D eigenvalue weighted by molar-refractivity contribution is 5.77. The van der Waals surface area contributed by atoms with Crippen molar-refractivity contribution in [2.75, 3.05) is 7.11 Å². The molecule has 0 aliphatic heterocycles. The minimum absolute atomic E-state index is 0.134. The van der Waals surface area contributed by atoms with E-state index in [1.165, 1.54) is 19.2 Å². The molecule has 1 rings (SSSR count). The van der Waals surface area contributed by atoms with Gasteiger partial charge in [0.15, 0.2) is 0 Å². The quantitative estimate of drug-likeness (QED) is 0.807. The van der Waals surface area contributed by atoms with Crippen LogP contribution in [0.2, 0.25) is 0 Å². The molecule has 0 fully saturated rings. The van der Waals surface area contributed by atoms with Crippen LogP contribution in [0.4, 0.5) is 4.39 Å². The monoisotopic (exact) mass is 282 g/mol. The van der Waals surface area contributed by atoms with E-state index in [4.69, 9.17) is 10.5 Å². The van der Waals surface area contributed by atoms with Crippen molar-refractivity contribution in [3.05, 3.63) is 29.6 Å². The molecular formula is C15H23FN2O2. The number of ether oxygens (including phenoxy) is 1. The fraction of sp³-hybridized carbons (Fsp3) is 0.533. The van der Waals surface area contributed by atoms with E-state index >= 15 is 0 Å². The lowest BCUT2D eigenvalue weighted by Gasteiger charge is -2.18. The Morgan fingerprint density at radius 3 is 2.80 bits per heavy atom. The first kappa shape index (κ1) is 16.4. The number of carbonyl (C=O) groups is 1. The van der Waals surface area contributed by atoms with Gasteiger partial charge in [0.05, 0.1) is 13.2 Å². The van der Waals surface area contributed by atoms with Crippen molar-refractivity contribution in [1.29, 1.82) is 0 Å². The number of methoxy groups -OCH3 is 1. The fourth-order valence-electron chi connectivity index (χ4n) is 2.13. The summed E-state index contributed by atoms with van der Waals surface area (Å²) in [5.74, 6) is 0.0615. The lowest BCUT2D eigenvalue weighted by molar-refractivity contribution is -0.122. The molecule has 2 atom stereocenters. The molecule has 0 spiro atoms. The Hall–Kier alpha value is -1.62. The molecule has 0 bridgehead atoms. The van der Waals surface area contributed by atoms with E-state index in [2.05, 4.69) is 5.32 Å². The first-order valence-corrected chi connectivity index (χ1v) is 6.86. The number of nitrogens with two attached hydrogens (primary N) is 1. The number of nitrogens with one attached hydrogen (secondary N) is 1. The minimum atomic E-state index is -0.357. The Labute approximate surface area is 119 Å². The first-order chi connectivity index (χ1) is 9.47. The fourth-order valence-corrected chi connectivity index (χ4v) is 2.13. The Balaban J connectivity index is 2.68. The maximum atomic E-state index is 13.3. The van der Waals surface area contributed by atoms with Crippen molar-refractivity contribution >= 4 is 5.91 Å². The summed E-state index contributed by atoms with van der Waals surface area (Å²) in [6.45, 7) is 3.82. The number of halogens is 1. The van der Waals surface area contributed by atoms with E-state index in [1.54, 1.807) is 13.0 Å². The van der Waals surface area contributed by atoms with Crippen LogP contribution in [0.3, 0.4) is 0 Å². The van der Waals surface area contributed by atoms with Crippen LogP contribution >= 0.6 is 0 Å². The van der Waals surface area contributed by atoms with Crippen LogP contribution in [0.25, 0.3) is 0 Å². The second kappa shape index (κ2) is 7.85. The van der Waals surface area contributed by atoms with Crippen LogP contribution in [0, 0.1) is 5.82 Å². The van der Waals surface area contributed by atoms with E-state index in [9.17, 15) is 9.18 Å². The van der Waals surface area contributed by atoms with Gasteiger partial charge >= 0.3 is 0 Å². The number of amides is 1. The highest BCUT2D eigenvalue weighted by atomic mass is 19.1. The third-order valence-corrected chi connectivity index (χ3v) is 3.14. The highest BCUT2D eigenvalue weighted by Crippen LogP contribution is 2.25. The summed E-state index contributed by atoms with van der Waals surface area (Å²) >= 11 is 0. The molecule has 0 radical (unpaired) electrons. The van der Waals surface area contributed by atoms with Crippen LogP contribution < -0.4 is 15.8 Å². The third-order valence-electron chi connectivity index (χ3n) is 3.14. The number of rotatable bonds is 7. The minimum Gasteiger partial charge on any atom is -0.496 e. The maximum Gasteiger partial charge on any atom is 0.222 e. The summed E-state index contributed by atoms with van der Waals surface area (Å²) in [6, 6.07) is 3.78. The number of carbonyl (C=O) groups excluding carboxylic acids is 1. The van der Waals surface area contributed by atoms with Crippen molar-refractivity contribution < 1.29 is 13.9 Å². The van der Waals surface area contributed by atoms with Gasteiger partial charge in [0.1, 0.15) is 11.6 Å². The average molecular weight is 282 g/mol. The Bertz CT molecular complexity index is 451. The highest BCUT2D eigenvalue weighted by Gasteiger charge is 2.16. The topological polar surface area (TPSA) is 64.4 Å². The van der Waals surface area contributed by atoms with Crippen LogP contribution in [0.15, 0.2) is 18.2 Å². The molecule has 0 aliphatic rings. The van der Waals surface area contributed by atoms with Crippen molar-refractivity contribution in [3.8, 4) is 5.75 Å². The molecule has 5 heteroatoms. The molecular weight excluding hydrogens is 259 g/mol. The zero-order valence-electron chi connectivity index (χ0n) is 12.3. The largest absolute Gasteiger partial charge is 0.496 e. The Morgan fingerprint density at radius 2 is 2.20 bits per heavy atom. The van der Waals surface area contributed by atoms with Gasteiger partial charge in [-0.2, -0.15) is 0 Å². The number of benzene rings is 1. The molecule has 112 valence electrons. The van der Waals surface area contributed by atoms with Gasteiger partial charge in [0, 0.05) is 18.0 Å². The van der Waals surface area contributed by atoms with Gasteiger partial charge in [0.25, 0.3) is 0 Å². The molecule has 0 saturated carbocycles. The lowest BCUT2D eigenvalue weighted by atomic mass is 10.1. The Morgan fingerprint density at radius 1 is 1.50 bits per heavy atom. The molecule has 2 unspecified atom stereocenters. The van der Waals surface area contributed by atoms with Crippen molar-refractivity contribution in [2.24, 2.45) is 5.73 Å². The smallest absolute Gasteiger partial charge is 0.222 e. The number of hydrogen-bond acceptors (Lipinski definition) is 3.